The molecule has 0 fully saturated rings. The van der Waals surface area contributed by atoms with Gasteiger partial charge in [-0.2, -0.15) is 5.10 Å². The van der Waals surface area contributed by atoms with Gasteiger partial charge in [-0.15, -0.1) is 0 Å². The summed E-state index contributed by atoms with van der Waals surface area (Å²) in [5, 5.41) is 16.4. The molecule has 0 aliphatic heterocycles. The van der Waals surface area contributed by atoms with Crippen LogP contribution in [0.1, 0.15) is 22.8 Å². The minimum absolute atomic E-state index is 0.319. The SMILES string of the molecule is CCn1ccc(Nc2ccc(C(=O)O)c(C)c2)n1. The summed E-state index contributed by atoms with van der Waals surface area (Å²) in [6.07, 6.45) is 1.89. The second-order valence-corrected chi connectivity index (χ2v) is 4.02. The van der Waals surface area contributed by atoms with Crippen LogP contribution >= 0.6 is 0 Å². The van der Waals surface area contributed by atoms with Gasteiger partial charge in [0, 0.05) is 24.5 Å². The lowest BCUT2D eigenvalue weighted by atomic mass is 10.1. The van der Waals surface area contributed by atoms with Crippen molar-refractivity contribution in [2.45, 2.75) is 20.4 Å². The third-order valence-electron chi connectivity index (χ3n) is 2.69. The second kappa shape index (κ2) is 4.91. The first kappa shape index (κ1) is 12.2. The van der Waals surface area contributed by atoms with E-state index in [9.17, 15) is 4.79 Å². The highest BCUT2D eigenvalue weighted by Gasteiger charge is 2.07. The number of nitrogens with one attached hydrogen (secondary N) is 1. The number of carboxylic acid groups (broad SMARTS) is 1. The van der Waals surface area contributed by atoms with Crippen molar-refractivity contribution >= 4 is 17.5 Å². The molecule has 1 heterocycles. The molecule has 2 N–H and O–H groups in total. The number of carbonyl (C=O) groups is 1. The second-order valence-electron chi connectivity index (χ2n) is 4.02. The number of benzene rings is 1. The monoisotopic (exact) mass is 245 g/mol. The van der Waals surface area contributed by atoms with Crippen LogP contribution in [0, 0.1) is 6.92 Å². The minimum atomic E-state index is -0.908. The summed E-state index contributed by atoms with van der Waals surface area (Å²) >= 11 is 0. The van der Waals surface area contributed by atoms with E-state index >= 15 is 0 Å². The summed E-state index contributed by atoms with van der Waals surface area (Å²) in [5.41, 5.74) is 1.88. The van der Waals surface area contributed by atoms with Crippen molar-refractivity contribution < 1.29 is 9.90 Å². The fourth-order valence-corrected chi connectivity index (χ4v) is 1.73. The highest BCUT2D eigenvalue weighted by atomic mass is 16.4. The third-order valence-corrected chi connectivity index (χ3v) is 2.69. The van der Waals surface area contributed by atoms with E-state index < -0.39 is 5.97 Å². The normalized spacial score (nSPS) is 10.3. The fraction of sp³-hybridized carbons (Fsp3) is 0.231. The van der Waals surface area contributed by atoms with Crippen LogP contribution in [0.3, 0.4) is 0 Å². The molecule has 0 aliphatic rings. The Labute approximate surface area is 105 Å². The molecule has 0 amide bonds. The first-order valence-electron chi connectivity index (χ1n) is 5.74. The Morgan fingerprint density at radius 2 is 2.22 bits per heavy atom. The lowest BCUT2D eigenvalue weighted by Crippen LogP contribution is -2.01. The van der Waals surface area contributed by atoms with Crippen molar-refractivity contribution in [2.75, 3.05) is 5.32 Å². The van der Waals surface area contributed by atoms with Gasteiger partial charge in [-0.25, -0.2) is 4.79 Å². The van der Waals surface area contributed by atoms with Gasteiger partial charge in [0.05, 0.1) is 5.56 Å². The highest BCUT2D eigenvalue weighted by molar-refractivity contribution is 5.90. The van der Waals surface area contributed by atoms with Gasteiger partial charge in [-0.3, -0.25) is 4.68 Å². The first-order chi connectivity index (χ1) is 8.60. The molecule has 18 heavy (non-hydrogen) atoms. The van der Waals surface area contributed by atoms with Gasteiger partial charge in [0.15, 0.2) is 5.82 Å². The number of nitrogens with zero attached hydrogens (tertiary/aromatic N) is 2. The number of anilines is 2. The molecule has 1 aromatic heterocycles. The maximum Gasteiger partial charge on any atom is 0.335 e. The van der Waals surface area contributed by atoms with Crippen molar-refractivity contribution in [3.63, 3.8) is 0 Å². The Balaban J connectivity index is 2.19. The third kappa shape index (κ3) is 2.51. The Morgan fingerprint density at radius 3 is 2.78 bits per heavy atom. The van der Waals surface area contributed by atoms with E-state index in [1.165, 1.54) is 0 Å². The van der Waals surface area contributed by atoms with Crippen molar-refractivity contribution in [3.8, 4) is 0 Å². The topological polar surface area (TPSA) is 67.2 Å². The van der Waals surface area contributed by atoms with E-state index in [0.717, 1.165) is 23.6 Å². The number of hydrogen-bond donors (Lipinski definition) is 2. The number of aromatic carboxylic acids is 1. The Bertz CT molecular complexity index is 575. The number of carboxylic acids is 1. The Hall–Kier alpha value is -2.30. The molecular weight excluding hydrogens is 230 g/mol. The minimum Gasteiger partial charge on any atom is -0.478 e. The fourth-order valence-electron chi connectivity index (χ4n) is 1.73. The van der Waals surface area contributed by atoms with Crippen LogP contribution in [0.2, 0.25) is 0 Å². The van der Waals surface area contributed by atoms with E-state index in [-0.39, 0.29) is 0 Å². The standard InChI is InChI=1S/C13H15N3O2/c1-3-16-7-6-12(15-16)14-10-4-5-11(13(17)18)9(2)8-10/h4-8H,3H2,1-2H3,(H,14,15)(H,17,18). The largest absolute Gasteiger partial charge is 0.478 e. The molecule has 0 radical (unpaired) electrons. The van der Waals surface area contributed by atoms with E-state index in [0.29, 0.717) is 5.56 Å². The smallest absolute Gasteiger partial charge is 0.335 e. The average Bonchev–Trinajstić information content (AvgIpc) is 2.76. The molecule has 5 nitrogen and oxygen atoms in total. The van der Waals surface area contributed by atoms with Crippen LogP contribution in [-0.2, 0) is 6.54 Å². The predicted octanol–water partition coefficient (Wildman–Crippen LogP) is 2.65. The van der Waals surface area contributed by atoms with Crippen molar-refractivity contribution in [2.24, 2.45) is 0 Å². The summed E-state index contributed by atoms with van der Waals surface area (Å²) in [7, 11) is 0. The van der Waals surface area contributed by atoms with Gasteiger partial charge in [-0.1, -0.05) is 0 Å². The van der Waals surface area contributed by atoms with Gasteiger partial charge in [0.1, 0.15) is 0 Å². The molecule has 1 aromatic carbocycles. The van der Waals surface area contributed by atoms with Gasteiger partial charge in [0.2, 0.25) is 0 Å². The van der Waals surface area contributed by atoms with Gasteiger partial charge in [-0.05, 0) is 37.6 Å². The zero-order chi connectivity index (χ0) is 13.1. The number of aromatic nitrogens is 2. The van der Waals surface area contributed by atoms with Crippen LogP contribution in [0.4, 0.5) is 11.5 Å². The maximum absolute atomic E-state index is 10.9. The molecule has 0 aliphatic carbocycles. The number of hydrogen-bond acceptors (Lipinski definition) is 3. The van der Waals surface area contributed by atoms with Crippen molar-refractivity contribution in [1.82, 2.24) is 9.78 Å². The van der Waals surface area contributed by atoms with E-state index in [4.69, 9.17) is 5.11 Å². The van der Waals surface area contributed by atoms with E-state index in [1.54, 1.807) is 25.1 Å². The quantitative estimate of drug-likeness (QED) is 0.869. The van der Waals surface area contributed by atoms with Gasteiger partial charge in [0.25, 0.3) is 0 Å². The molecule has 0 saturated carbocycles. The Morgan fingerprint density at radius 1 is 1.44 bits per heavy atom. The number of aryl methyl sites for hydroxylation is 2. The summed E-state index contributed by atoms with van der Waals surface area (Å²) in [5.74, 6) is -0.159. The number of rotatable bonds is 4. The summed E-state index contributed by atoms with van der Waals surface area (Å²) in [6, 6.07) is 7.01. The average molecular weight is 245 g/mol. The van der Waals surface area contributed by atoms with Crippen LogP contribution in [0.5, 0.6) is 0 Å². The predicted molar refractivity (Wildman–Crippen MR) is 69.3 cm³/mol. The maximum atomic E-state index is 10.9. The molecule has 2 rings (SSSR count). The molecule has 0 saturated heterocycles. The van der Waals surface area contributed by atoms with Crippen molar-refractivity contribution in [3.05, 3.63) is 41.6 Å². The summed E-state index contributed by atoms with van der Waals surface area (Å²) in [6.45, 7) is 4.61. The molecule has 0 bridgehead atoms. The zero-order valence-corrected chi connectivity index (χ0v) is 10.3. The highest BCUT2D eigenvalue weighted by Crippen LogP contribution is 2.18. The molecule has 0 spiro atoms. The van der Waals surface area contributed by atoms with Crippen LogP contribution in [-0.4, -0.2) is 20.9 Å². The van der Waals surface area contributed by atoms with Crippen LogP contribution < -0.4 is 5.32 Å². The van der Waals surface area contributed by atoms with E-state index in [2.05, 4.69) is 10.4 Å². The molecular formula is C13H15N3O2. The first-order valence-corrected chi connectivity index (χ1v) is 5.74. The molecule has 94 valence electrons. The Kier molecular flexibility index (Phi) is 3.32. The zero-order valence-electron chi connectivity index (χ0n) is 10.3. The van der Waals surface area contributed by atoms with Crippen LogP contribution in [0.25, 0.3) is 0 Å². The summed E-state index contributed by atoms with van der Waals surface area (Å²) < 4.78 is 1.82. The van der Waals surface area contributed by atoms with E-state index in [1.807, 2.05) is 23.9 Å². The lowest BCUT2D eigenvalue weighted by Gasteiger charge is -2.06. The van der Waals surface area contributed by atoms with Crippen molar-refractivity contribution in [1.29, 1.82) is 0 Å². The molecule has 2 aromatic rings. The van der Waals surface area contributed by atoms with Crippen LogP contribution in [0.15, 0.2) is 30.5 Å². The molecule has 0 atom stereocenters. The van der Waals surface area contributed by atoms with Gasteiger partial charge >= 0.3 is 5.97 Å². The molecule has 5 heteroatoms. The van der Waals surface area contributed by atoms with Gasteiger partial charge < -0.3 is 10.4 Å². The lowest BCUT2D eigenvalue weighted by molar-refractivity contribution is 0.0696. The summed E-state index contributed by atoms with van der Waals surface area (Å²) in [4.78, 5) is 10.9. The molecule has 0 unspecified atom stereocenters.